The second-order valence-electron chi connectivity index (χ2n) is 9.54. The van der Waals surface area contributed by atoms with E-state index in [-0.39, 0.29) is 30.2 Å². The maximum Gasteiger partial charge on any atom is 0.317 e. The maximum absolute atomic E-state index is 13.0. The lowest BCUT2D eigenvalue weighted by Crippen LogP contribution is -2.55. The lowest BCUT2D eigenvalue weighted by Gasteiger charge is -2.34. The van der Waals surface area contributed by atoms with E-state index in [1.165, 1.54) is 0 Å². The van der Waals surface area contributed by atoms with E-state index < -0.39 is 12.3 Å². The van der Waals surface area contributed by atoms with Gasteiger partial charge in [0.2, 0.25) is 0 Å². The summed E-state index contributed by atoms with van der Waals surface area (Å²) in [5, 5.41) is 14.8. The number of benzene rings is 2. The topological polar surface area (TPSA) is 97.9 Å². The molecule has 35 heavy (non-hydrogen) atoms. The lowest BCUT2D eigenvalue weighted by atomic mass is 9.89. The molecule has 0 aliphatic carbocycles. The van der Waals surface area contributed by atoms with Crippen LogP contribution in [0.15, 0.2) is 65.5 Å². The van der Waals surface area contributed by atoms with Gasteiger partial charge < -0.3 is 25.0 Å². The number of hydrogen-bond acceptors (Lipinski definition) is 5. The first-order chi connectivity index (χ1) is 17.0. The van der Waals surface area contributed by atoms with Crippen molar-refractivity contribution in [2.45, 2.75) is 37.1 Å². The number of H-pyrrole nitrogens is 1. The van der Waals surface area contributed by atoms with Crippen molar-refractivity contribution >= 4 is 16.9 Å². The van der Waals surface area contributed by atoms with E-state index in [0.29, 0.717) is 32.5 Å². The van der Waals surface area contributed by atoms with Gasteiger partial charge in [0.15, 0.2) is 0 Å². The minimum atomic E-state index is -0.846. The number of amides is 2. The lowest BCUT2D eigenvalue weighted by molar-refractivity contribution is 0.00141. The van der Waals surface area contributed by atoms with Crippen molar-refractivity contribution in [1.82, 2.24) is 20.1 Å². The fourth-order valence-electron chi connectivity index (χ4n) is 5.13. The highest BCUT2D eigenvalue weighted by Gasteiger charge is 2.34. The molecule has 0 bridgehead atoms. The van der Waals surface area contributed by atoms with E-state index in [4.69, 9.17) is 4.74 Å². The molecule has 8 nitrogen and oxygen atoms in total. The molecule has 1 aromatic heterocycles. The van der Waals surface area contributed by atoms with Gasteiger partial charge in [0.1, 0.15) is 6.23 Å². The van der Waals surface area contributed by atoms with E-state index in [0.717, 1.165) is 22.0 Å². The summed E-state index contributed by atoms with van der Waals surface area (Å²) < 4.78 is 6.08. The summed E-state index contributed by atoms with van der Waals surface area (Å²) in [4.78, 5) is 32.2. The highest BCUT2D eigenvalue weighted by Crippen LogP contribution is 2.28. The number of aliphatic hydroxyl groups is 1. The van der Waals surface area contributed by atoms with Crippen LogP contribution in [-0.4, -0.2) is 71.5 Å². The van der Waals surface area contributed by atoms with Gasteiger partial charge in [-0.3, -0.25) is 9.69 Å². The Bertz CT molecular complexity index is 1220. The third-order valence-electron chi connectivity index (χ3n) is 7.23. The Labute approximate surface area is 204 Å². The van der Waals surface area contributed by atoms with Gasteiger partial charge in [-0.05, 0) is 48.9 Å². The monoisotopic (exact) mass is 476 g/mol. The molecule has 0 radical (unpaired) electrons. The molecule has 2 aliphatic heterocycles. The van der Waals surface area contributed by atoms with E-state index in [2.05, 4.69) is 10.3 Å². The van der Waals surface area contributed by atoms with Crippen LogP contribution in [0.1, 0.15) is 36.0 Å². The number of aromatic nitrogens is 1. The number of rotatable bonds is 3. The van der Waals surface area contributed by atoms with Crippen molar-refractivity contribution in [3.8, 4) is 0 Å². The molecule has 0 spiro atoms. The number of piperidine rings is 1. The molecular weight excluding hydrogens is 444 g/mol. The van der Waals surface area contributed by atoms with Gasteiger partial charge in [-0.1, -0.05) is 48.5 Å². The maximum atomic E-state index is 13.0. The number of nitrogens with one attached hydrogen (secondary N) is 2. The number of nitrogens with zero attached hydrogens (tertiary/aromatic N) is 2. The molecule has 3 atom stereocenters. The van der Waals surface area contributed by atoms with E-state index in [1.807, 2.05) is 72.6 Å². The van der Waals surface area contributed by atoms with Crippen molar-refractivity contribution in [2.24, 2.45) is 0 Å². The van der Waals surface area contributed by atoms with Crippen LogP contribution in [-0.2, 0) is 4.74 Å². The van der Waals surface area contributed by atoms with Crippen LogP contribution in [0.5, 0.6) is 0 Å². The summed E-state index contributed by atoms with van der Waals surface area (Å²) in [6.07, 6.45) is 0.415. The fourth-order valence-corrected chi connectivity index (χ4v) is 5.13. The first-order valence-electron chi connectivity index (χ1n) is 12.2. The van der Waals surface area contributed by atoms with Crippen molar-refractivity contribution in [1.29, 1.82) is 0 Å². The average Bonchev–Trinajstić information content (AvgIpc) is 3.02. The predicted molar refractivity (Wildman–Crippen MR) is 134 cm³/mol. The number of fused-ring (bicyclic) bond motifs is 1. The Hall–Kier alpha value is -3.20. The van der Waals surface area contributed by atoms with Crippen molar-refractivity contribution in [3.63, 3.8) is 0 Å². The smallest absolute Gasteiger partial charge is 0.317 e. The zero-order valence-corrected chi connectivity index (χ0v) is 19.9. The van der Waals surface area contributed by atoms with Gasteiger partial charge in [0.05, 0.1) is 18.8 Å². The van der Waals surface area contributed by atoms with Crippen LogP contribution in [0.25, 0.3) is 10.9 Å². The predicted octanol–water partition coefficient (Wildman–Crippen LogP) is 2.81. The third-order valence-corrected chi connectivity index (χ3v) is 7.23. The molecule has 2 saturated heterocycles. The third kappa shape index (κ3) is 5.10. The molecule has 2 fully saturated rings. The SMILES string of the molecule is CN1C[C@H](c2ccccc2)OC[C@@H](NC(=O)N2CCC(c3cc4ccccc4[nH]c3=O)CC2)C1O. The number of carbonyl (C=O) groups excluding carboxylic acids is 1. The minimum Gasteiger partial charge on any atom is -0.376 e. The molecule has 8 heteroatoms. The Morgan fingerprint density at radius 1 is 1.09 bits per heavy atom. The molecule has 2 aliphatic rings. The number of urea groups is 1. The molecule has 2 amide bonds. The van der Waals surface area contributed by atoms with Crippen molar-refractivity contribution in [3.05, 3.63) is 82.1 Å². The van der Waals surface area contributed by atoms with Crippen LogP contribution in [0.2, 0.25) is 0 Å². The van der Waals surface area contributed by atoms with Gasteiger partial charge in [-0.2, -0.15) is 0 Å². The molecule has 184 valence electrons. The molecule has 2 aromatic carbocycles. The molecule has 1 unspecified atom stereocenters. The van der Waals surface area contributed by atoms with Gasteiger partial charge in [0, 0.05) is 30.7 Å². The van der Waals surface area contributed by atoms with Gasteiger partial charge in [-0.25, -0.2) is 4.79 Å². The van der Waals surface area contributed by atoms with Crippen LogP contribution in [0.3, 0.4) is 0 Å². The molecule has 0 saturated carbocycles. The normalized spacial score (nSPS) is 24.3. The molecular formula is C27H32N4O4. The average molecular weight is 477 g/mol. The van der Waals surface area contributed by atoms with Crippen molar-refractivity contribution in [2.75, 3.05) is 33.3 Å². The Morgan fingerprint density at radius 3 is 2.57 bits per heavy atom. The molecule has 5 rings (SSSR count). The number of ether oxygens (including phenoxy) is 1. The summed E-state index contributed by atoms with van der Waals surface area (Å²) in [5.41, 5.74) is 2.61. The standard InChI is InChI=1S/C27H32N4O4/c1-30-16-24(19-7-3-2-4-8-19)35-17-23(26(30)33)29-27(34)31-13-11-18(12-14-31)21-15-20-9-5-6-10-22(20)28-25(21)32/h2-10,15,18,23-24,26,33H,11-14,16-17H2,1H3,(H,28,32)(H,29,34)/t23-,24-,26?/m1/s1. The zero-order valence-electron chi connectivity index (χ0n) is 19.9. The Balaban J connectivity index is 1.20. The molecule has 3 heterocycles. The number of likely N-dealkylation sites (tertiary alicyclic amines) is 1. The number of para-hydroxylation sites is 1. The Kier molecular flexibility index (Phi) is 6.86. The summed E-state index contributed by atoms with van der Waals surface area (Å²) >= 11 is 0. The highest BCUT2D eigenvalue weighted by atomic mass is 16.5. The highest BCUT2D eigenvalue weighted by molar-refractivity contribution is 5.79. The number of aliphatic hydroxyl groups excluding tert-OH is 1. The zero-order chi connectivity index (χ0) is 24.4. The molecule has 3 N–H and O–H groups in total. The summed E-state index contributed by atoms with van der Waals surface area (Å²) in [7, 11) is 1.83. The van der Waals surface area contributed by atoms with E-state index in [9.17, 15) is 14.7 Å². The van der Waals surface area contributed by atoms with E-state index in [1.54, 1.807) is 4.90 Å². The quantitative estimate of drug-likeness (QED) is 0.540. The number of hydrogen-bond donors (Lipinski definition) is 3. The van der Waals surface area contributed by atoms with E-state index >= 15 is 0 Å². The summed E-state index contributed by atoms with van der Waals surface area (Å²) in [5.74, 6) is 0.108. The van der Waals surface area contributed by atoms with Gasteiger partial charge in [0.25, 0.3) is 5.56 Å². The largest absolute Gasteiger partial charge is 0.376 e. The van der Waals surface area contributed by atoms with Crippen LogP contribution in [0.4, 0.5) is 4.79 Å². The first kappa shape index (κ1) is 23.5. The van der Waals surface area contributed by atoms with Crippen molar-refractivity contribution < 1.29 is 14.6 Å². The Morgan fingerprint density at radius 2 is 1.80 bits per heavy atom. The summed E-state index contributed by atoms with van der Waals surface area (Å²) in [6, 6.07) is 18.9. The fraction of sp³-hybridized carbons (Fsp3) is 0.407. The number of likely N-dealkylation sites (N-methyl/N-ethyl adjacent to an activating group) is 1. The number of carbonyl (C=O) groups is 1. The second-order valence-corrected chi connectivity index (χ2v) is 9.54. The number of aromatic amines is 1. The second kappa shape index (κ2) is 10.2. The summed E-state index contributed by atoms with van der Waals surface area (Å²) in [6.45, 7) is 1.85. The minimum absolute atomic E-state index is 0.0543. The van der Waals surface area contributed by atoms with Crippen LogP contribution in [0, 0.1) is 0 Å². The number of pyridine rings is 1. The van der Waals surface area contributed by atoms with Gasteiger partial charge in [-0.15, -0.1) is 0 Å². The van der Waals surface area contributed by atoms with Gasteiger partial charge >= 0.3 is 6.03 Å². The molecule has 3 aromatic rings. The van der Waals surface area contributed by atoms with Crippen LogP contribution < -0.4 is 10.9 Å². The first-order valence-corrected chi connectivity index (χ1v) is 12.2. The van der Waals surface area contributed by atoms with Crippen LogP contribution >= 0.6 is 0 Å².